The number of nitrogens with zero attached hydrogens (tertiary/aromatic N) is 4. The van der Waals surface area contributed by atoms with Gasteiger partial charge in [0, 0.05) is 77.2 Å². The molecule has 24 rings (SSSR count). The first-order chi connectivity index (χ1) is 66.0. The molecule has 0 fully saturated rings. The Labute approximate surface area is 817 Å². The first-order valence-electron chi connectivity index (χ1n) is 50.1. The second-order valence-corrected chi connectivity index (χ2v) is 38.9. The Kier molecular flexibility index (Phi) is 32.8. The molecule has 0 saturated heterocycles. The van der Waals surface area contributed by atoms with Gasteiger partial charge in [0.2, 0.25) is 0 Å². The number of aryl methyl sites for hydroxylation is 12. The van der Waals surface area contributed by atoms with Crippen LogP contribution in [0, 0.1) is 0 Å². The van der Waals surface area contributed by atoms with Crippen molar-refractivity contribution in [2.45, 2.75) is 207 Å². The maximum Gasteiger partial charge on any atom is 0.0462 e. The van der Waals surface area contributed by atoms with E-state index in [-0.39, 0.29) is 0 Å². The van der Waals surface area contributed by atoms with E-state index in [4.69, 9.17) is 0 Å². The van der Waals surface area contributed by atoms with Gasteiger partial charge in [0.25, 0.3) is 0 Å². The van der Waals surface area contributed by atoms with Crippen molar-refractivity contribution in [2.24, 2.45) is 0 Å². The Balaban J connectivity index is 0.000000187. The molecule has 0 saturated carbocycles. The topological polar surface area (TPSA) is 13.0 Å². The quantitative estimate of drug-likeness (QED) is 0.0363. The first-order valence-corrected chi connectivity index (χ1v) is 51.7. The lowest BCUT2D eigenvalue weighted by Gasteiger charge is -2.26. The molecule has 0 spiro atoms. The SMILES string of the molecule is CCCCCCc1ccc(N(c2ccc(Br)cc2)c2ccc(-c3cc4ccc3CCc3ccc(c(-c5ccc(N(c6ccc(Br)cc6)c6ccc(CCCCCC)cc6)cc5)c3)CC4)cc2)cc1.CCCCCCc1ccc(N(c2ccccc2)c2ccc(-c3cc4ccc3CCc3ccc(c(-c5ccc(N(c6ccccc6)c6ccc(CCCCCC)cc6)cc5)c3)CC4)cc2)cc1. The van der Waals surface area contributed by atoms with Crippen LogP contribution in [-0.4, -0.2) is 0 Å². The normalized spacial score (nSPS) is 12.2. The summed E-state index contributed by atoms with van der Waals surface area (Å²) in [6.45, 7) is 9.11. The van der Waals surface area contributed by atoms with Gasteiger partial charge in [0.1, 0.15) is 0 Å². The Morgan fingerprint density at radius 1 is 0.179 bits per heavy atom. The van der Waals surface area contributed by atoms with Crippen LogP contribution < -0.4 is 19.6 Å². The van der Waals surface area contributed by atoms with E-state index in [0.717, 1.165) is 109 Å². The third-order valence-electron chi connectivity index (χ3n) is 27.4. The van der Waals surface area contributed by atoms with E-state index >= 15 is 0 Å². The summed E-state index contributed by atoms with van der Waals surface area (Å²) in [5.41, 5.74) is 41.3. The van der Waals surface area contributed by atoms with E-state index in [2.05, 4.69) is 455 Å². The van der Waals surface area contributed by atoms with Crippen LogP contribution in [-0.2, 0) is 77.0 Å². The maximum atomic E-state index is 3.66. The fraction of sp³-hybridized carbons (Fsp3) is 0.250. The number of halogens is 2. The van der Waals surface area contributed by atoms with Gasteiger partial charge in [-0.15, -0.1) is 0 Å². The number of hydrogen-bond donors (Lipinski definition) is 0. The van der Waals surface area contributed by atoms with E-state index in [1.807, 2.05) is 0 Å². The van der Waals surface area contributed by atoms with Crippen molar-refractivity contribution in [3.05, 3.63) is 452 Å². The molecule has 0 unspecified atom stereocenters. The second-order valence-electron chi connectivity index (χ2n) is 37.0. The van der Waals surface area contributed by atoms with Gasteiger partial charge in [-0.25, -0.2) is 0 Å². The van der Waals surface area contributed by atoms with Gasteiger partial charge < -0.3 is 19.6 Å². The fourth-order valence-electron chi connectivity index (χ4n) is 19.7. The molecule has 8 aliphatic carbocycles. The molecule has 0 atom stereocenters. The van der Waals surface area contributed by atoms with Gasteiger partial charge in [-0.2, -0.15) is 0 Å². The Morgan fingerprint density at radius 2 is 0.366 bits per heavy atom. The summed E-state index contributed by atoms with van der Waals surface area (Å²) in [6, 6.07) is 142. The fourth-order valence-corrected chi connectivity index (χ4v) is 20.3. The van der Waals surface area contributed by atoms with Crippen LogP contribution in [0.2, 0.25) is 0 Å². The smallest absolute Gasteiger partial charge is 0.0462 e. The zero-order valence-electron chi connectivity index (χ0n) is 79.1. The van der Waals surface area contributed by atoms with Crippen LogP contribution in [0.3, 0.4) is 0 Å². The van der Waals surface area contributed by atoms with E-state index in [0.29, 0.717) is 0 Å². The van der Waals surface area contributed by atoms with Gasteiger partial charge in [0.05, 0.1) is 0 Å². The average molecular weight is 1880 g/mol. The van der Waals surface area contributed by atoms with Gasteiger partial charge in [0.15, 0.2) is 0 Å². The minimum atomic E-state index is 0.977. The van der Waals surface area contributed by atoms with Crippen LogP contribution in [0.4, 0.5) is 68.2 Å². The molecule has 8 bridgehead atoms. The minimum Gasteiger partial charge on any atom is -0.311 e. The molecule has 0 radical (unpaired) electrons. The van der Waals surface area contributed by atoms with E-state index in [9.17, 15) is 0 Å². The molecule has 16 aromatic rings. The summed E-state index contributed by atoms with van der Waals surface area (Å²) in [4.78, 5) is 9.52. The number of para-hydroxylation sites is 2. The van der Waals surface area contributed by atoms with Crippen molar-refractivity contribution in [1.82, 2.24) is 0 Å². The molecule has 0 amide bonds. The van der Waals surface area contributed by atoms with Gasteiger partial charge in [-0.1, -0.05) is 343 Å². The lowest BCUT2D eigenvalue weighted by Crippen LogP contribution is -2.10. The molecule has 16 aromatic carbocycles. The van der Waals surface area contributed by atoms with Crippen LogP contribution in [0.1, 0.15) is 197 Å². The lowest BCUT2D eigenvalue weighted by atomic mass is 9.87. The molecule has 676 valence electrons. The summed E-state index contributed by atoms with van der Waals surface area (Å²) in [5.74, 6) is 0. The van der Waals surface area contributed by atoms with Crippen LogP contribution in [0.15, 0.2) is 385 Å². The molecule has 8 aliphatic rings. The molecular formula is C128H130Br2N4. The van der Waals surface area contributed by atoms with Gasteiger partial charge in [-0.3, -0.25) is 0 Å². The summed E-state index contributed by atoms with van der Waals surface area (Å²) in [5, 5.41) is 0. The number of unbranched alkanes of at least 4 members (excludes halogenated alkanes) is 12. The Morgan fingerprint density at radius 3 is 0.567 bits per heavy atom. The van der Waals surface area contributed by atoms with Gasteiger partial charge >= 0.3 is 0 Å². The highest BCUT2D eigenvalue weighted by atomic mass is 79.9. The molecule has 0 N–H and O–H groups in total. The molecule has 134 heavy (non-hydrogen) atoms. The third-order valence-corrected chi connectivity index (χ3v) is 28.5. The van der Waals surface area contributed by atoms with Crippen molar-refractivity contribution in [2.75, 3.05) is 19.6 Å². The number of anilines is 12. The maximum absolute atomic E-state index is 3.66. The highest BCUT2D eigenvalue weighted by Crippen LogP contribution is 2.45. The molecule has 0 heterocycles. The molecule has 4 nitrogen and oxygen atoms in total. The largest absolute Gasteiger partial charge is 0.311 e. The first kappa shape index (κ1) is 93.5. The number of rotatable bonds is 36. The molecule has 0 aromatic heterocycles. The highest BCUT2D eigenvalue weighted by Gasteiger charge is 2.23. The number of benzene rings is 16. The predicted octanol–water partition coefficient (Wildman–Crippen LogP) is 37.7. The van der Waals surface area contributed by atoms with E-state index < -0.39 is 0 Å². The van der Waals surface area contributed by atoms with Crippen molar-refractivity contribution in [3.8, 4) is 44.5 Å². The summed E-state index contributed by atoms with van der Waals surface area (Å²) >= 11 is 7.32. The summed E-state index contributed by atoms with van der Waals surface area (Å²) in [6.07, 6.45) is 33.0. The minimum absolute atomic E-state index is 0.977. The standard InChI is InChI=1S/C64H64Br2N2.C64H66N2/c1-3-5-7-9-11-47-17-33-57(34-18-47)67(61-41-29-55(65)30-42-61)59-37-25-53(26-38-59)63-45-49-13-21-51(63)23-15-50-14-22-52(24-16-49)64(46-50)54-27-39-60(40-28-54)68(62-43-31-56(66)32-44-62)58-35-19-48(20-36-58)12-10-8-6-4-2;1-3-5-7-11-17-49-27-39-59(40-28-49)65(57-19-13-9-14-20-57)61-43-35-55(36-44-61)63-47-51-23-31-53(63)33-25-52-24-32-54(34-26-51)64(48-52)56-37-45-62(46-38-56)66(58-21-15-10-16-22-58)60-41-29-50(30-42-60)18-12-8-6-4-2/h13-14,17-22,25-46H,3-12,15-16,23-24H2,1-2H3;9-10,13-16,19-24,27-32,35-48H,3-8,11-12,17-18,25-26,33-34H2,1-2H3. The molecule has 6 heteroatoms. The molecular weight excluding hydrogens is 1750 g/mol. The van der Waals surface area contributed by atoms with E-state index in [1.165, 1.54) is 260 Å². The van der Waals surface area contributed by atoms with Crippen LogP contribution in [0.25, 0.3) is 44.5 Å². The third kappa shape index (κ3) is 24.2. The van der Waals surface area contributed by atoms with Crippen LogP contribution >= 0.6 is 31.9 Å². The van der Waals surface area contributed by atoms with Crippen molar-refractivity contribution in [1.29, 1.82) is 0 Å². The Bertz CT molecular complexity index is 5980. The van der Waals surface area contributed by atoms with Crippen molar-refractivity contribution in [3.63, 3.8) is 0 Å². The zero-order chi connectivity index (χ0) is 91.6. The van der Waals surface area contributed by atoms with Crippen LogP contribution in [0.5, 0.6) is 0 Å². The van der Waals surface area contributed by atoms with Gasteiger partial charge in [-0.05, 0) is 384 Å². The summed E-state index contributed by atoms with van der Waals surface area (Å²) in [7, 11) is 0. The lowest BCUT2D eigenvalue weighted by molar-refractivity contribution is 0.667. The van der Waals surface area contributed by atoms with E-state index in [1.54, 1.807) is 0 Å². The number of hydrogen-bond acceptors (Lipinski definition) is 4. The zero-order valence-corrected chi connectivity index (χ0v) is 82.3. The monoisotopic (exact) mass is 1880 g/mol. The van der Waals surface area contributed by atoms with Crippen molar-refractivity contribution < 1.29 is 0 Å². The predicted molar refractivity (Wildman–Crippen MR) is 583 cm³/mol. The molecule has 0 aliphatic heterocycles. The average Bonchev–Trinajstić information content (AvgIpc) is 0.797. The summed E-state index contributed by atoms with van der Waals surface area (Å²) < 4.78 is 2.16. The van der Waals surface area contributed by atoms with Crippen molar-refractivity contribution >= 4 is 100 Å². The second kappa shape index (κ2) is 47.0. The highest BCUT2D eigenvalue weighted by molar-refractivity contribution is 9.10. The Hall–Kier alpha value is -12.3.